The van der Waals surface area contributed by atoms with Gasteiger partial charge in [-0.15, -0.1) is 0 Å². The van der Waals surface area contributed by atoms with E-state index in [0.29, 0.717) is 6.04 Å². The third-order valence-corrected chi connectivity index (χ3v) is 3.16. The van der Waals surface area contributed by atoms with Gasteiger partial charge in [0, 0.05) is 19.6 Å². The molecule has 78 valence electrons. The number of rotatable bonds is 3. The molecule has 0 unspecified atom stereocenters. The van der Waals surface area contributed by atoms with Crippen LogP contribution in [0.3, 0.4) is 0 Å². The zero-order valence-electron chi connectivity index (χ0n) is 8.36. The quantitative estimate of drug-likeness (QED) is 0.811. The summed E-state index contributed by atoms with van der Waals surface area (Å²) in [5.74, 6) is 2.74. The number of likely N-dealkylation sites (N-methyl/N-ethyl adjacent to an activating group) is 1. The van der Waals surface area contributed by atoms with Crippen molar-refractivity contribution in [3.05, 3.63) is 0 Å². The second-order valence-corrected chi connectivity index (χ2v) is 4.35. The maximum atomic E-state index is 4.68. The molecule has 1 aliphatic heterocycles. The topological polar surface area (TPSA) is 54.2 Å². The first-order valence-corrected chi connectivity index (χ1v) is 6.00. The van der Waals surface area contributed by atoms with Gasteiger partial charge in [0.2, 0.25) is 11.6 Å². The first-order chi connectivity index (χ1) is 6.83. The van der Waals surface area contributed by atoms with Crippen molar-refractivity contribution >= 4 is 23.4 Å². The van der Waals surface area contributed by atoms with Crippen LogP contribution in [0.1, 0.15) is 6.42 Å². The molecule has 1 N–H and O–H groups in total. The minimum atomic E-state index is 0.488. The Kier molecular flexibility index (Phi) is 2.81. The summed E-state index contributed by atoms with van der Waals surface area (Å²) in [6, 6.07) is 0.488. The Hall–Kier alpha value is -0.910. The minimum Gasteiger partial charge on any atom is -0.362 e. The van der Waals surface area contributed by atoms with Crippen molar-refractivity contribution in [1.82, 2.24) is 10.3 Å². The lowest BCUT2D eigenvalue weighted by Crippen LogP contribution is -2.41. The molecule has 1 aromatic heterocycles. The van der Waals surface area contributed by atoms with Crippen molar-refractivity contribution in [2.24, 2.45) is 0 Å². The van der Waals surface area contributed by atoms with Crippen LogP contribution in [0.5, 0.6) is 0 Å². The van der Waals surface area contributed by atoms with E-state index in [1.807, 2.05) is 18.8 Å². The molecule has 0 spiro atoms. The highest BCUT2D eigenvalue weighted by molar-refractivity contribution is 7.98. The zero-order valence-corrected chi connectivity index (χ0v) is 9.17. The van der Waals surface area contributed by atoms with Gasteiger partial charge in [0.15, 0.2) is 0 Å². The van der Waals surface area contributed by atoms with E-state index in [1.54, 1.807) is 0 Å². The standard InChI is InChI=1S/C8H14N4OS/c1-12-6(3-4-14-2)5-9-7-8(12)11-13-10-7/h6H,3-5H2,1-2H3,(H,9,10)/t6-/m0/s1. The Bertz CT molecular complexity index is 303. The summed E-state index contributed by atoms with van der Waals surface area (Å²) in [4.78, 5) is 2.14. The number of aromatic nitrogens is 2. The van der Waals surface area contributed by atoms with Crippen LogP contribution < -0.4 is 10.2 Å². The van der Waals surface area contributed by atoms with Crippen molar-refractivity contribution in [3.63, 3.8) is 0 Å². The number of thioether (sulfide) groups is 1. The molecule has 1 aromatic rings. The summed E-state index contributed by atoms with van der Waals surface area (Å²) >= 11 is 1.87. The van der Waals surface area contributed by atoms with E-state index in [2.05, 4.69) is 31.4 Å². The highest BCUT2D eigenvalue weighted by Gasteiger charge is 2.26. The molecular weight excluding hydrogens is 200 g/mol. The van der Waals surface area contributed by atoms with Crippen LogP contribution in [0.4, 0.5) is 11.6 Å². The Morgan fingerprint density at radius 3 is 3.29 bits per heavy atom. The van der Waals surface area contributed by atoms with Gasteiger partial charge in [0.25, 0.3) is 0 Å². The van der Waals surface area contributed by atoms with Gasteiger partial charge in [-0.25, -0.2) is 4.63 Å². The van der Waals surface area contributed by atoms with E-state index in [9.17, 15) is 0 Å². The summed E-state index contributed by atoms with van der Waals surface area (Å²) in [7, 11) is 2.04. The van der Waals surface area contributed by atoms with Crippen LogP contribution in [0.25, 0.3) is 0 Å². The smallest absolute Gasteiger partial charge is 0.217 e. The lowest BCUT2D eigenvalue weighted by molar-refractivity contribution is 0.309. The largest absolute Gasteiger partial charge is 0.362 e. The molecule has 0 saturated carbocycles. The van der Waals surface area contributed by atoms with Crippen molar-refractivity contribution in [3.8, 4) is 0 Å². The second kappa shape index (κ2) is 4.08. The monoisotopic (exact) mass is 214 g/mol. The lowest BCUT2D eigenvalue weighted by atomic mass is 10.1. The molecule has 14 heavy (non-hydrogen) atoms. The van der Waals surface area contributed by atoms with E-state index >= 15 is 0 Å². The molecule has 0 aliphatic carbocycles. The third-order valence-electron chi connectivity index (χ3n) is 2.51. The SMILES string of the molecule is CSCC[C@H]1CNc2nonc2N1C. The maximum Gasteiger partial charge on any atom is 0.217 e. The van der Waals surface area contributed by atoms with E-state index in [1.165, 1.54) is 0 Å². The maximum absolute atomic E-state index is 4.68. The second-order valence-electron chi connectivity index (χ2n) is 3.36. The molecule has 1 aliphatic rings. The number of nitrogens with zero attached hydrogens (tertiary/aromatic N) is 3. The first kappa shape index (κ1) is 9.64. The molecule has 0 saturated heterocycles. The fourth-order valence-electron chi connectivity index (χ4n) is 1.60. The van der Waals surface area contributed by atoms with Crippen LogP contribution in [-0.2, 0) is 0 Å². The van der Waals surface area contributed by atoms with Gasteiger partial charge in [0.05, 0.1) is 0 Å². The van der Waals surface area contributed by atoms with E-state index < -0.39 is 0 Å². The normalized spacial score (nSPS) is 20.4. The van der Waals surface area contributed by atoms with Gasteiger partial charge in [-0.1, -0.05) is 0 Å². The summed E-state index contributed by atoms with van der Waals surface area (Å²) in [6.07, 6.45) is 3.27. The van der Waals surface area contributed by atoms with E-state index in [4.69, 9.17) is 0 Å². The summed E-state index contributed by atoms with van der Waals surface area (Å²) in [5, 5.41) is 10.9. The Morgan fingerprint density at radius 1 is 1.64 bits per heavy atom. The molecule has 0 radical (unpaired) electrons. The van der Waals surface area contributed by atoms with Gasteiger partial charge in [-0.2, -0.15) is 11.8 Å². The first-order valence-electron chi connectivity index (χ1n) is 4.61. The number of hydrogen-bond donors (Lipinski definition) is 1. The molecule has 0 amide bonds. The van der Waals surface area contributed by atoms with Crippen molar-refractivity contribution in [2.45, 2.75) is 12.5 Å². The van der Waals surface area contributed by atoms with Gasteiger partial charge in [-0.05, 0) is 28.7 Å². The molecule has 0 fully saturated rings. The predicted octanol–water partition coefficient (Wildman–Crippen LogP) is 1.05. The van der Waals surface area contributed by atoms with Crippen LogP contribution in [-0.4, -0.2) is 42.0 Å². The third kappa shape index (κ3) is 1.66. The van der Waals surface area contributed by atoms with E-state index in [-0.39, 0.29) is 0 Å². The summed E-state index contributed by atoms with van der Waals surface area (Å²) in [5.41, 5.74) is 0. The Balaban J connectivity index is 2.05. The molecule has 1 atom stereocenters. The number of anilines is 2. The van der Waals surface area contributed by atoms with Crippen LogP contribution in [0.15, 0.2) is 4.63 Å². The van der Waals surface area contributed by atoms with Gasteiger partial charge >= 0.3 is 0 Å². The summed E-state index contributed by atoms with van der Waals surface area (Å²) in [6.45, 7) is 0.915. The molecule has 6 heteroatoms. The van der Waals surface area contributed by atoms with Crippen LogP contribution in [0.2, 0.25) is 0 Å². The van der Waals surface area contributed by atoms with Crippen molar-refractivity contribution < 1.29 is 4.63 Å². The van der Waals surface area contributed by atoms with Crippen LogP contribution >= 0.6 is 11.8 Å². The molecule has 2 rings (SSSR count). The lowest BCUT2D eigenvalue weighted by Gasteiger charge is -2.31. The Labute approximate surface area is 87.2 Å². The van der Waals surface area contributed by atoms with Gasteiger partial charge < -0.3 is 10.2 Å². The van der Waals surface area contributed by atoms with Crippen molar-refractivity contribution in [1.29, 1.82) is 0 Å². The average molecular weight is 214 g/mol. The number of fused-ring (bicyclic) bond motifs is 1. The Morgan fingerprint density at radius 2 is 2.50 bits per heavy atom. The fourth-order valence-corrected chi connectivity index (χ4v) is 2.11. The number of nitrogens with one attached hydrogen (secondary N) is 1. The molecule has 2 heterocycles. The minimum absolute atomic E-state index is 0.488. The van der Waals surface area contributed by atoms with E-state index in [0.717, 1.165) is 30.4 Å². The molecule has 5 nitrogen and oxygen atoms in total. The highest BCUT2D eigenvalue weighted by atomic mass is 32.2. The van der Waals surface area contributed by atoms with Gasteiger partial charge in [0.1, 0.15) is 0 Å². The van der Waals surface area contributed by atoms with Crippen LogP contribution in [0, 0.1) is 0 Å². The molecular formula is C8H14N4OS. The fraction of sp³-hybridized carbons (Fsp3) is 0.750. The summed E-state index contributed by atoms with van der Waals surface area (Å²) < 4.78 is 4.68. The molecule has 0 aromatic carbocycles. The highest BCUT2D eigenvalue weighted by Crippen LogP contribution is 2.27. The van der Waals surface area contributed by atoms with Gasteiger partial charge in [-0.3, -0.25) is 0 Å². The average Bonchev–Trinajstić information content (AvgIpc) is 2.66. The number of hydrogen-bond acceptors (Lipinski definition) is 6. The predicted molar refractivity (Wildman–Crippen MR) is 58.0 cm³/mol. The molecule has 0 bridgehead atoms. The van der Waals surface area contributed by atoms with Crippen molar-refractivity contribution in [2.75, 3.05) is 35.8 Å². The zero-order chi connectivity index (χ0) is 9.97.